The summed E-state index contributed by atoms with van der Waals surface area (Å²) in [4.78, 5) is 14.6. The summed E-state index contributed by atoms with van der Waals surface area (Å²) in [6, 6.07) is 16.8. The second-order valence-corrected chi connectivity index (χ2v) is 7.93. The Morgan fingerprint density at radius 2 is 2.04 bits per heavy atom. The van der Waals surface area contributed by atoms with Crippen molar-refractivity contribution in [3.05, 3.63) is 64.1 Å². The smallest absolute Gasteiger partial charge is 0.224 e. The SMILES string of the molecule is CC(=O)N1c2ccccc2[C@@H]2[C@@H](C[C@@H]3O[C@H]23)[C@H]1c1cccc(Br)c1. The van der Waals surface area contributed by atoms with E-state index in [1.807, 2.05) is 17.0 Å². The molecule has 1 saturated carbocycles. The summed E-state index contributed by atoms with van der Waals surface area (Å²) in [5.41, 5.74) is 3.52. The van der Waals surface area contributed by atoms with Gasteiger partial charge in [0.1, 0.15) is 0 Å². The molecule has 2 fully saturated rings. The molecule has 1 aliphatic carbocycles. The summed E-state index contributed by atoms with van der Waals surface area (Å²) in [6.07, 6.45) is 1.74. The number of hydrogen-bond donors (Lipinski definition) is 0. The molecule has 0 bridgehead atoms. The third-order valence-corrected chi connectivity index (χ3v) is 6.20. The zero-order valence-electron chi connectivity index (χ0n) is 13.4. The van der Waals surface area contributed by atoms with Crippen LogP contribution in [0.1, 0.15) is 36.4 Å². The average molecular weight is 384 g/mol. The highest BCUT2D eigenvalue weighted by molar-refractivity contribution is 9.10. The number of fused-ring (bicyclic) bond motifs is 5. The highest BCUT2D eigenvalue weighted by atomic mass is 79.9. The van der Waals surface area contributed by atoms with Crippen LogP contribution in [-0.4, -0.2) is 18.1 Å². The Kier molecular flexibility index (Phi) is 3.16. The molecule has 4 heteroatoms. The molecule has 1 amide bonds. The van der Waals surface area contributed by atoms with Crippen molar-refractivity contribution in [3.8, 4) is 0 Å². The first-order valence-corrected chi connectivity index (χ1v) is 9.24. The number of halogens is 1. The standard InChI is InChI=1S/C20H18BrNO2/c1-11(23)22-16-8-3-2-7-14(16)18-15(10-17-20(18)24-17)19(22)12-5-4-6-13(21)9-12/h2-9,15,17-20H,10H2,1H3/t15-,17+,18-,19-,20+/m1/s1. The monoisotopic (exact) mass is 383 g/mol. The Labute approximate surface area is 149 Å². The maximum absolute atomic E-state index is 12.6. The second-order valence-electron chi connectivity index (χ2n) is 7.01. The van der Waals surface area contributed by atoms with Gasteiger partial charge in [-0.3, -0.25) is 4.79 Å². The number of para-hydroxylation sites is 1. The minimum Gasteiger partial charge on any atom is -0.369 e. The molecule has 1 saturated heterocycles. The normalized spacial score (nSPS) is 32.8. The van der Waals surface area contributed by atoms with Crippen molar-refractivity contribution in [3.63, 3.8) is 0 Å². The number of anilines is 1. The lowest BCUT2D eigenvalue weighted by molar-refractivity contribution is -0.117. The lowest BCUT2D eigenvalue weighted by Crippen LogP contribution is -2.43. The van der Waals surface area contributed by atoms with E-state index in [0.29, 0.717) is 24.0 Å². The summed E-state index contributed by atoms with van der Waals surface area (Å²) in [5.74, 6) is 0.917. The number of epoxide rings is 1. The van der Waals surface area contributed by atoms with Crippen molar-refractivity contribution in [2.24, 2.45) is 5.92 Å². The molecule has 2 aromatic rings. The third-order valence-electron chi connectivity index (χ3n) is 5.71. The van der Waals surface area contributed by atoms with Gasteiger partial charge in [-0.2, -0.15) is 0 Å². The molecule has 5 atom stereocenters. The van der Waals surface area contributed by atoms with Crippen molar-refractivity contribution in [2.45, 2.75) is 37.5 Å². The molecule has 0 spiro atoms. The number of ether oxygens (including phenoxy) is 1. The topological polar surface area (TPSA) is 32.8 Å². The Bertz CT molecular complexity index is 836. The fourth-order valence-electron chi connectivity index (χ4n) is 4.84. The van der Waals surface area contributed by atoms with Crippen LogP contribution in [0.15, 0.2) is 53.0 Å². The van der Waals surface area contributed by atoms with Gasteiger partial charge in [0.15, 0.2) is 0 Å². The fraction of sp³-hybridized carbons (Fsp3) is 0.350. The molecule has 3 aliphatic rings. The van der Waals surface area contributed by atoms with E-state index in [2.05, 4.69) is 52.3 Å². The van der Waals surface area contributed by atoms with Gasteiger partial charge in [-0.25, -0.2) is 0 Å². The van der Waals surface area contributed by atoms with Crippen LogP contribution in [0.4, 0.5) is 5.69 Å². The van der Waals surface area contributed by atoms with Crippen LogP contribution in [0.3, 0.4) is 0 Å². The molecule has 2 aliphatic heterocycles. The Morgan fingerprint density at radius 3 is 2.83 bits per heavy atom. The summed E-state index contributed by atoms with van der Waals surface area (Å²) < 4.78 is 6.92. The van der Waals surface area contributed by atoms with Crippen LogP contribution < -0.4 is 4.90 Å². The van der Waals surface area contributed by atoms with E-state index in [0.717, 1.165) is 16.6 Å². The highest BCUT2D eigenvalue weighted by Crippen LogP contribution is 2.61. The van der Waals surface area contributed by atoms with Gasteiger partial charge >= 0.3 is 0 Å². The average Bonchev–Trinajstić information content (AvgIpc) is 3.23. The molecule has 5 rings (SSSR count). The van der Waals surface area contributed by atoms with Gasteiger partial charge in [-0.15, -0.1) is 0 Å². The van der Waals surface area contributed by atoms with E-state index in [1.54, 1.807) is 6.92 Å². The van der Waals surface area contributed by atoms with Crippen LogP contribution >= 0.6 is 15.9 Å². The maximum atomic E-state index is 12.6. The number of nitrogens with zero attached hydrogens (tertiary/aromatic N) is 1. The van der Waals surface area contributed by atoms with Crippen molar-refractivity contribution in [1.82, 2.24) is 0 Å². The van der Waals surface area contributed by atoms with Crippen molar-refractivity contribution < 1.29 is 9.53 Å². The van der Waals surface area contributed by atoms with E-state index < -0.39 is 0 Å². The molecule has 24 heavy (non-hydrogen) atoms. The lowest BCUT2D eigenvalue weighted by Gasteiger charge is -2.45. The van der Waals surface area contributed by atoms with Gasteiger partial charge < -0.3 is 9.64 Å². The van der Waals surface area contributed by atoms with Crippen molar-refractivity contribution in [1.29, 1.82) is 0 Å². The van der Waals surface area contributed by atoms with E-state index >= 15 is 0 Å². The minimum absolute atomic E-state index is 0.0799. The van der Waals surface area contributed by atoms with Crippen LogP contribution in [0.5, 0.6) is 0 Å². The largest absolute Gasteiger partial charge is 0.369 e. The van der Waals surface area contributed by atoms with E-state index in [9.17, 15) is 4.79 Å². The molecule has 0 N–H and O–H groups in total. The predicted molar refractivity (Wildman–Crippen MR) is 96.0 cm³/mol. The van der Waals surface area contributed by atoms with Gasteiger partial charge in [-0.1, -0.05) is 46.3 Å². The number of carbonyl (C=O) groups excluding carboxylic acids is 1. The molecule has 0 radical (unpaired) electrons. The summed E-state index contributed by atoms with van der Waals surface area (Å²) >= 11 is 3.58. The molecular formula is C20H18BrNO2. The van der Waals surface area contributed by atoms with E-state index in [4.69, 9.17) is 4.74 Å². The first-order valence-electron chi connectivity index (χ1n) is 8.45. The molecule has 0 aromatic heterocycles. The van der Waals surface area contributed by atoms with Crippen LogP contribution in [0, 0.1) is 5.92 Å². The number of rotatable bonds is 1. The summed E-state index contributed by atoms with van der Waals surface area (Å²) in [6.45, 7) is 1.67. The molecule has 122 valence electrons. The first kappa shape index (κ1) is 14.7. The highest BCUT2D eigenvalue weighted by Gasteiger charge is 2.61. The van der Waals surface area contributed by atoms with Crippen molar-refractivity contribution >= 4 is 27.5 Å². The van der Waals surface area contributed by atoms with Crippen LogP contribution in [0.25, 0.3) is 0 Å². The van der Waals surface area contributed by atoms with Crippen LogP contribution in [-0.2, 0) is 9.53 Å². The number of amides is 1. The molecule has 3 nitrogen and oxygen atoms in total. The fourth-order valence-corrected chi connectivity index (χ4v) is 5.25. The Balaban J connectivity index is 1.72. The van der Waals surface area contributed by atoms with Gasteiger partial charge in [-0.05, 0) is 41.7 Å². The molecule has 2 heterocycles. The first-order chi connectivity index (χ1) is 11.6. The van der Waals surface area contributed by atoms with E-state index in [1.165, 1.54) is 11.1 Å². The minimum atomic E-state index is 0.0799. The Morgan fingerprint density at radius 1 is 1.21 bits per heavy atom. The quantitative estimate of drug-likeness (QED) is 0.682. The predicted octanol–water partition coefficient (Wildman–Crippen LogP) is 4.43. The van der Waals surface area contributed by atoms with E-state index in [-0.39, 0.29) is 11.9 Å². The maximum Gasteiger partial charge on any atom is 0.224 e. The van der Waals surface area contributed by atoms with Gasteiger partial charge in [0.25, 0.3) is 0 Å². The Hall–Kier alpha value is -1.65. The zero-order chi connectivity index (χ0) is 16.4. The summed E-state index contributed by atoms with van der Waals surface area (Å²) in [7, 11) is 0. The van der Waals surface area contributed by atoms with Gasteiger partial charge in [0.2, 0.25) is 5.91 Å². The molecular weight excluding hydrogens is 366 g/mol. The van der Waals surface area contributed by atoms with Gasteiger partial charge in [0.05, 0.1) is 18.2 Å². The third kappa shape index (κ3) is 2.02. The number of hydrogen-bond acceptors (Lipinski definition) is 2. The number of benzene rings is 2. The summed E-state index contributed by atoms with van der Waals surface area (Å²) in [5, 5.41) is 0. The van der Waals surface area contributed by atoms with Crippen molar-refractivity contribution in [2.75, 3.05) is 4.90 Å². The second kappa shape index (κ2) is 5.17. The molecule has 0 unspecified atom stereocenters. The zero-order valence-corrected chi connectivity index (χ0v) is 14.9. The number of carbonyl (C=O) groups is 1. The molecule has 2 aromatic carbocycles. The van der Waals surface area contributed by atoms with Gasteiger partial charge in [0, 0.05) is 23.0 Å². The lowest BCUT2D eigenvalue weighted by atomic mass is 9.75. The van der Waals surface area contributed by atoms with Crippen LogP contribution in [0.2, 0.25) is 0 Å².